The molecule has 0 unspecified atom stereocenters. The van der Waals surface area contributed by atoms with Crippen LogP contribution >= 0.6 is 11.8 Å². The van der Waals surface area contributed by atoms with Crippen LogP contribution in [0.4, 0.5) is 31.9 Å². The molecular formula is C27H27F2N7O3S. The van der Waals surface area contributed by atoms with Crippen molar-refractivity contribution < 1.29 is 18.3 Å². The van der Waals surface area contributed by atoms with E-state index in [-0.39, 0.29) is 5.69 Å². The third-order valence-electron chi connectivity index (χ3n) is 6.33. The SMILES string of the molecule is COc1c(Nc2cc(C)[nH]n2)nc(Sc2ccc(CCc3cccc(N=O)c3F)cc2F)nc1N1CCOCC1. The van der Waals surface area contributed by atoms with E-state index >= 15 is 4.39 Å². The smallest absolute Gasteiger partial charge is 0.204 e. The van der Waals surface area contributed by atoms with E-state index in [2.05, 4.69) is 25.7 Å². The van der Waals surface area contributed by atoms with Gasteiger partial charge in [-0.1, -0.05) is 18.2 Å². The summed E-state index contributed by atoms with van der Waals surface area (Å²) in [7, 11) is 1.55. The van der Waals surface area contributed by atoms with Gasteiger partial charge in [-0.3, -0.25) is 5.10 Å². The predicted octanol–water partition coefficient (Wildman–Crippen LogP) is 5.71. The standard InChI is InChI=1S/C27H27F2N7O3S/c1-16-14-22(34-33-16)30-25-24(38-2)26(36-10-12-39-13-11-36)32-27(31-25)40-21-9-7-17(15-19(21)28)6-8-18-4-3-5-20(35-37)23(18)29/h3-5,7,9,14-15H,6,8,10-13H2,1-2H3,(H2,30,31,32,33,34). The lowest BCUT2D eigenvalue weighted by molar-refractivity contribution is 0.122. The van der Waals surface area contributed by atoms with Gasteiger partial charge in [-0.05, 0) is 66.0 Å². The zero-order valence-corrected chi connectivity index (χ0v) is 22.7. The van der Waals surface area contributed by atoms with Crippen LogP contribution in [0.3, 0.4) is 0 Å². The predicted molar refractivity (Wildman–Crippen MR) is 148 cm³/mol. The maximum atomic E-state index is 15.2. The number of nitrogens with one attached hydrogen (secondary N) is 2. The first-order chi connectivity index (χ1) is 19.4. The van der Waals surface area contributed by atoms with Gasteiger partial charge >= 0.3 is 0 Å². The zero-order chi connectivity index (χ0) is 28.1. The van der Waals surface area contributed by atoms with Gasteiger partial charge in [0.25, 0.3) is 0 Å². The number of nitroso groups, excluding NO2 is 1. The molecule has 10 nitrogen and oxygen atoms in total. The number of nitrogens with zero attached hydrogens (tertiary/aromatic N) is 5. The summed E-state index contributed by atoms with van der Waals surface area (Å²) in [5, 5.41) is 13.3. The van der Waals surface area contributed by atoms with Gasteiger partial charge < -0.3 is 19.7 Å². The lowest BCUT2D eigenvalue weighted by Gasteiger charge is -2.29. The molecule has 0 saturated carbocycles. The number of halogens is 2. The Bertz CT molecular complexity index is 1510. The first-order valence-electron chi connectivity index (χ1n) is 12.6. The highest BCUT2D eigenvalue weighted by molar-refractivity contribution is 7.99. The van der Waals surface area contributed by atoms with E-state index in [9.17, 15) is 9.30 Å². The molecule has 1 fully saturated rings. The molecule has 5 rings (SSSR count). The van der Waals surface area contributed by atoms with Gasteiger partial charge in [-0.15, -0.1) is 4.91 Å². The van der Waals surface area contributed by atoms with Gasteiger partial charge in [0.15, 0.2) is 28.4 Å². The highest BCUT2D eigenvalue weighted by atomic mass is 32.2. The number of aromatic amines is 1. The largest absolute Gasteiger partial charge is 0.490 e. The molecule has 2 N–H and O–H groups in total. The van der Waals surface area contributed by atoms with Crippen LogP contribution in [0.1, 0.15) is 16.8 Å². The van der Waals surface area contributed by atoms with Crippen LogP contribution in [0.2, 0.25) is 0 Å². The van der Waals surface area contributed by atoms with Gasteiger partial charge in [0, 0.05) is 24.8 Å². The number of morpholine rings is 1. The molecule has 0 spiro atoms. The summed E-state index contributed by atoms with van der Waals surface area (Å²) in [4.78, 5) is 22.5. The summed E-state index contributed by atoms with van der Waals surface area (Å²) in [6.07, 6.45) is 0.686. The molecule has 2 aromatic heterocycles. The van der Waals surface area contributed by atoms with Gasteiger partial charge in [0.1, 0.15) is 11.5 Å². The summed E-state index contributed by atoms with van der Waals surface area (Å²) >= 11 is 1.09. The van der Waals surface area contributed by atoms with Crippen LogP contribution in [0.5, 0.6) is 5.75 Å². The van der Waals surface area contributed by atoms with Crippen LogP contribution in [-0.2, 0) is 17.6 Å². The summed E-state index contributed by atoms with van der Waals surface area (Å²) < 4.78 is 40.8. The molecule has 40 heavy (non-hydrogen) atoms. The Morgan fingerprint density at radius 1 is 1.15 bits per heavy atom. The minimum Gasteiger partial charge on any atom is -0.490 e. The topological polar surface area (TPSA) is 118 Å². The number of hydrogen-bond acceptors (Lipinski definition) is 10. The first-order valence-corrected chi connectivity index (χ1v) is 13.4. The maximum Gasteiger partial charge on any atom is 0.204 e. The van der Waals surface area contributed by atoms with Gasteiger partial charge in [-0.2, -0.15) is 5.10 Å². The average Bonchev–Trinajstić information content (AvgIpc) is 3.38. The lowest BCUT2D eigenvalue weighted by atomic mass is 10.0. The monoisotopic (exact) mass is 567 g/mol. The number of aromatic nitrogens is 4. The van der Waals surface area contributed by atoms with E-state index in [1.54, 1.807) is 31.4 Å². The second kappa shape index (κ2) is 12.4. The van der Waals surface area contributed by atoms with Crippen molar-refractivity contribution in [2.24, 2.45) is 5.18 Å². The second-order valence-corrected chi connectivity index (χ2v) is 10.1. The Kier molecular flexibility index (Phi) is 8.51. The third kappa shape index (κ3) is 6.20. The number of aryl methyl sites for hydroxylation is 3. The number of anilines is 3. The molecule has 208 valence electrons. The van der Waals surface area contributed by atoms with Crippen molar-refractivity contribution in [3.8, 4) is 5.75 Å². The number of H-pyrrole nitrogens is 1. The van der Waals surface area contributed by atoms with E-state index in [0.717, 1.165) is 17.5 Å². The van der Waals surface area contributed by atoms with Crippen LogP contribution in [-0.4, -0.2) is 53.6 Å². The zero-order valence-electron chi connectivity index (χ0n) is 21.9. The molecular weight excluding hydrogens is 540 g/mol. The number of benzene rings is 2. The highest BCUT2D eigenvalue weighted by Crippen LogP contribution is 2.39. The van der Waals surface area contributed by atoms with Crippen molar-refractivity contribution in [2.45, 2.75) is 29.8 Å². The van der Waals surface area contributed by atoms with Crippen molar-refractivity contribution in [3.05, 3.63) is 75.8 Å². The van der Waals surface area contributed by atoms with Crippen LogP contribution in [0, 0.1) is 23.5 Å². The van der Waals surface area contributed by atoms with Crippen molar-refractivity contribution in [1.82, 2.24) is 20.2 Å². The Morgan fingerprint density at radius 3 is 2.67 bits per heavy atom. The van der Waals surface area contributed by atoms with E-state index < -0.39 is 11.6 Å². The molecule has 0 radical (unpaired) electrons. The van der Waals surface area contributed by atoms with Gasteiger partial charge in [0.2, 0.25) is 5.75 Å². The summed E-state index contributed by atoms with van der Waals surface area (Å²) in [5.41, 5.74) is 1.68. The molecule has 0 aliphatic carbocycles. The fourth-order valence-electron chi connectivity index (χ4n) is 4.32. The summed E-state index contributed by atoms with van der Waals surface area (Å²) in [5.74, 6) is 0.884. The molecule has 13 heteroatoms. The molecule has 0 atom stereocenters. The number of hydrogen-bond donors (Lipinski definition) is 2. The third-order valence-corrected chi connectivity index (χ3v) is 7.25. The molecule has 2 aromatic carbocycles. The van der Waals surface area contributed by atoms with Crippen LogP contribution in [0.25, 0.3) is 0 Å². The summed E-state index contributed by atoms with van der Waals surface area (Å²) in [6, 6.07) is 11.2. The molecule has 1 saturated heterocycles. The van der Waals surface area contributed by atoms with E-state index in [0.29, 0.717) is 83.5 Å². The van der Waals surface area contributed by atoms with Crippen molar-refractivity contribution in [2.75, 3.05) is 43.6 Å². The number of rotatable bonds is 10. The van der Waals surface area contributed by atoms with Crippen LogP contribution < -0.4 is 15.0 Å². The minimum atomic E-state index is -0.646. The van der Waals surface area contributed by atoms with Crippen LogP contribution in [0.15, 0.2) is 57.7 Å². The van der Waals surface area contributed by atoms with E-state index in [1.165, 1.54) is 12.1 Å². The molecule has 1 aliphatic heterocycles. The fourth-order valence-corrected chi connectivity index (χ4v) is 5.08. The Labute approximate surface area is 233 Å². The van der Waals surface area contributed by atoms with Gasteiger partial charge in [-0.25, -0.2) is 18.7 Å². The Balaban J connectivity index is 1.39. The number of methoxy groups -OCH3 is 1. The first kappa shape index (κ1) is 27.5. The maximum absolute atomic E-state index is 15.2. The average molecular weight is 568 g/mol. The molecule has 4 aromatic rings. The van der Waals surface area contributed by atoms with Crippen molar-refractivity contribution >= 4 is 34.9 Å². The van der Waals surface area contributed by atoms with Crippen molar-refractivity contribution in [1.29, 1.82) is 0 Å². The minimum absolute atomic E-state index is 0.234. The second-order valence-electron chi connectivity index (χ2n) is 9.08. The van der Waals surface area contributed by atoms with E-state index in [1.807, 2.05) is 17.9 Å². The quantitative estimate of drug-likeness (QED) is 0.184. The fraction of sp³-hybridized carbons (Fsp3) is 0.296. The van der Waals surface area contributed by atoms with Gasteiger partial charge in [0.05, 0.1) is 25.2 Å². The summed E-state index contributed by atoms with van der Waals surface area (Å²) in [6.45, 7) is 4.22. The van der Waals surface area contributed by atoms with Crippen molar-refractivity contribution in [3.63, 3.8) is 0 Å². The molecule has 0 amide bonds. The molecule has 3 heterocycles. The molecule has 1 aliphatic rings. The lowest BCUT2D eigenvalue weighted by Crippen LogP contribution is -2.37. The number of ether oxygens (including phenoxy) is 2. The Morgan fingerprint density at radius 2 is 1.98 bits per heavy atom. The van der Waals surface area contributed by atoms with E-state index in [4.69, 9.17) is 14.5 Å². The molecule has 0 bridgehead atoms. The normalized spacial score (nSPS) is 13.3. The highest BCUT2D eigenvalue weighted by Gasteiger charge is 2.24. The Hall–Kier alpha value is -4.10.